The highest BCUT2D eigenvalue weighted by atomic mass is 19.4. The first-order valence-electron chi connectivity index (χ1n) is 7.85. The van der Waals surface area contributed by atoms with Crippen molar-refractivity contribution in [2.24, 2.45) is 5.92 Å². The van der Waals surface area contributed by atoms with Gasteiger partial charge in [-0.2, -0.15) is 13.2 Å². The minimum atomic E-state index is -4.44. The van der Waals surface area contributed by atoms with Crippen molar-refractivity contribution < 1.29 is 23.1 Å². The summed E-state index contributed by atoms with van der Waals surface area (Å²) >= 11 is 0. The second-order valence-electron chi connectivity index (χ2n) is 6.00. The van der Waals surface area contributed by atoms with Crippen molar-refractivity contribution in [3.63, 3.8) is 0 Å². The molecular weight excluding hydrogens is 323 g/mol. The van der Waals surface area contributed by atoms with E-state index in [1.807, 2.05) is 30.3 Å². The van der Waals surface area contributed by atoms with E-state index in [2.05, 4.69) is 10.2 Å². The summed E-state index contributed by atoms with van der Waals surface area (Å²) in [7, 11) is 0. The van der Waals surface area contributed by atoms with Crippen LogP contribution in [0.4, 0.5) is 18.0 Å². The molecule has 0 bridgehead atoms. The molecule has 1 saturated heterocycles. The van der Waals surface area contributed by atoms with Crippen LogP contribution in [0.15, 0.2) is 30.3 Å². The first kappa shape index (κ1) is 18.5. The van der Waals surface area contributed by atoms with Crippen molar-refractivity contribution in [1.29, 1.82) is 0 Å². The first-order chi connectivity index (χ1) is 11.4. The summed E-state index contributed by atoms with van der Waals surface area (Å²) in [5, 5.41) is 13.8. The Balaban J connectivity index is 1.89. The fraction of sp³-hybridized carbons (Fsp3) is 0.562. The van der Waals surface area contributed by atoms with Gasteiger partial charge in [-0.15, -0.1) is 0 Å². The lowest BCUT2D eigenvalue weighted by atomic mass is 9.92. The van der Waals surface area contributed by atoms with Crippen LogP contribution in [0.3, 0.4) is 0 Å². The number of piperidine rings is 1. The maximum Gasteiger partial charge on any atom is 0.405 e. The van der Waals surface area contributed by atoms with Gasteiger partial charge in [-0.05, 0) is 18.5 Å². The summed E-state index contributed by atoms with van der Waals surface area (Å²) in [6, 6.07) is 8.55. The number of carbonyl (C=O) groups is 1. The van der Waals surface area contributed by atoms with Crippen LogP contribution < -0.4 is 10.6 Å². The highest BCUT2D eigenvalue weighted by Crippen LogP contribution is 2.19. The van der Waals surface area contributed by atoms with Gasteiger partial charge in [-0.1, -0.05) is 30.3 Å². The Morgan fingerprint density at radius 3 is 2.62 bits per heavy atom. The number of aliphatic hydroxyl groups excluding tert-OH is 1. The number of nitrogens with zero attached hydrogens (tertiary/aromatic N) is 1. The van der Waals surface area contributed by atoms with Gasteiger partial charge in [0.25, 0.3) is 0 Å². The molecule has 0 spiro atoms. The standard InChI is InChI=1S/C16H22F3N3O2/c17-16(18,19)11-20-15(24)21-14-9-22(7-6-13(14)10-23)8-12-4-2-1-3-5-12/h1-5,13-14,23H,6-11H2,(H2,20,21,24). The lowest BCUT2D eigenvalue weighted by Crippen LogP contribution is -2.56. The SMILES string of the molecule is O=C(NCC(F)(F)F)NC1CN(Cc2ccccc2)CCC1CO. The van der Waals surface area contributed by atoms with E-state index in [1.165, 1.54) is 0 Å². The molecule has 2 amide bonds. The summed E-state index contributed by atoms with van der Waals surface area (Å²) < 4.78 is 36.5. The third-order valence-electron chi connectivity index (χ3n) is 4.09. The van der Waals surface area contributed by atoms with Gasteiger partial charge in [0.1, 0.15) is 6.54 Å². The first-order valence-corrected chi connectivity index (χ1v) is 7.85. The Bertz CT molecular complexity index is 525. The van der Waals surface area contributed by atoms with Crippen molar-refractivity contribution in [3.05, 3.63) is 35.9 Å². The third kappa shape index (κ3) is 6.01. The summed E-state index contributed by atoms with van der Waals surface area (Å²) in [6.07, 6.45) is -3.77. The van der Waals surface area contributed by atoms with Crippen LogP contribution >= 0.6 is 0 Å². The summed E-state index contributed by atoms with van der Waals surface area (Å²) in [6.45, 7) is 0.468. The number of carbonyl (C=O) groups excluding carboxylic acids is 1. The minimum absolute atomic E-state index is 0.108. The average molecular weight is 345 g/mol. The number of halogens is 3. The number of hydrogen-bond donors (Lipinski definition) is 3. The number of amides is 2. The van der Waals surface area contributed by atoms with Crippen molar-refractivity contribution >= 4 is 6.03 Å². The van der Waals surface area contributed by atoms with Crippen LogP contribution in [-0.2, 0) is 6.54 Å². The zero-order valence-corrected chi connectivity index (χ0v) is 13.2. The number of alkyl halides is 3. The fourth-order valence-corrected chi connectivity index (χ4v) is 2.84. The second-order valence-corrected chi connectivity index (χ2v) is 6.00. The van der Waals surface area contributed by atoms with Gasteiger partial charge in [-0.3, -0.25) is 4.90 Å². The van der Waals surface area contributed by atoms with E-state index in [4.69, 9.17) is 0 Å². The van der Waals surface area contributed by atoms with Crippen LogP contribution in [0.1, 0.15) is 12.0 Å². The van der Waals surface area contributed by atoms with Gasteiger partial charge >= 0.3 is 12.2 Å². The molecule has 5 nitrogen and oxygen atoms in total. The van der Waals surface area contributed by atoms with E-state index in [-0.39, 0.29) is 18.6 Å². The molecule has 1 heterocycles. The van der Waals surface area contributed by atoms with Crippen LogP contribution in [-0.4, -0.2) is 54.5 Å². The molecule has 1 aromatic carbocycles. The highest BCUT2D eigenvalue weighted by Gasteiger charge is 2.32. The monoisotopic (exact) mass is 345 g/mol. The third-order valence-corrected chi connectivity index (χ3v) is 4.09. The molecule has 2 unspecified atom stereocenters. The molecule has 24 heavy (non-hydrogen) atoms. The number of nitrogens with one attached hydrogen (secondary N) is 2. The average Bonchev–Trinajstić information content (AvgIpc) is 2.54. The molecule has 1 aromatic rings. The molecule has 0 aliphatic carbocycles. The highest BCUT2D eigenvalue weighted by molar-refractivity contribution is 5.74. The zero-order valence-electron chi connectivity index (χ0n) is 13.2. The van der Waals surface area contributed by atoms with E-state index in [0.29, 0.717) is 19.5 Å². The Morgan fingerprint density at radius 2 is 2.00 bits per heavy atom. The molecule has 0 saturated carbocycles. The number of aliphatic hydroxyl groups is 1. The molecule has 2 rings (SSSR count). The molecule has 134 valence electrons. The van der Waals surface area contributed by atoms with E-state index in [1.54, 1.807) is 5.32 Å². The van der Waals surface area contributed by atoms with Gasteiger partial charge in [0.2, 0.25) is 0 Å². The molecule has 1 aliphatic rings. The van der Waals surface area contributed by atoms with E-state index in [0.717, 1.165) is 12.1 Å². The number of hydrogen-bond acceptors (Lipinski definition) is 3. The molecule has 3 N–H and O–H groups in total. The predicted molar refractivity (Wildman–Crippen MR) is 83.3 cm³/mol. The Hall–Kier alpha value is -1.80. The predicted octanol–water partition coefficient (Wildman–Crippen LogP) is 1.73. The molecule has 0 radical (unpaired) electrons. The molecular formula is C16H22F3N3O2. The van der Waals surface area contributed by atoms with E-state index in [9.17, 15) is 23.1 Å². The van der Waals surface area contributed by atoms with Crippen molar-refractivity contribution in [2.45, 2.75) is 25.2 Å². The van der Waals surface area contributed by atoms with Crippen molar-refractivity contribution in [1.82, 2.24) is 15.5 Å². The number of likely N-dealkylation sites (tertiary alicyclic amines) is 1. The molecule has 2 atom stereocenters. The van der Waals surface area contributed by atoms with Gasteiger partial charge in [0.05, 0.1) is 0 Å². The lowest BCUT2D eigenvalue weighted by molar-refractivity contribution is -0.122. The summed E-state index contributed by atoms with van der Waals surface area (Å²) in [5.74, 6) is -0.159. The van der Waals surface area contributed by atoms with Crippen LogP contribution in [0.5, 0.6) is 0 Å². The topological polar surface area (TPSA) is 64.6 Å². The summed E-state index contributed by atoms with van der Waals surface area (Å²) in [5.41, 5.74) is 1.13. The van der Waals surface area contributed by atoms with Gasteiger partial charge < -0.3 is 15.7 Å². The number of rotatable bonds is 5. The van der Waals surface area contributed by atoms with Gasteiger partial charge in [-0.25, -0.2) is 4.79 Å². The normalized spacial score (nSPS) is 22.2. The number of benzene rings is 1. The van der Waals surface area contributed by atoms with Crippen molar-refractivity contribution in [3.8, 4) is 0 Å². The smallest absolute Gasteiger partial charge is 0.396 e. The lowest BCUT2D eigenvalue weighted by Gasteiger charge is -2.38. The largest absolute Gasteiger partial charge is 0.405 e. The van der Waals surface area contributed by atoms with Gasteiger partial charge in [0.15, 0.2) is 0 Å². The molecule has 1 fully saturated rings. The Kier molecular flexibility index (Phi) is 6.44. The van der Waals surface area contributed by atoms with Crippen LogP contribution in [0, 0.1) is 5.92 Å². The minimum Gasteiger partial charge on any atom is -0.396 e. The molecule has 8 heteroatoms. The number of urea groups is 1. The van der Waals surface area contributed by atoms with E-state index >= 15 is 0 Å². The molecule has 0 aromatic heterocycles. The van der Waals surface area contributed by atoms with E-state index < -0.39 is 18.8 Å². The Morgan fingerprint density at radius 1 is 1.29 bits per heavy atom. The van der Waals surface area contributed by atoms with Crippen molar-refractivity contribution in [2.75, 3.05) is 26.2 Å². The second kappa shape index (κ2) is 8.34. The maximum atomic E-state index is 12.2. The van der Waals surface area contributed by atoms with Crippen LogP contribution in [0.2, 0.25) is 0 Å². The summed E-state index contributed by atoms with van der Waals surface area (Å²) in [4.78, 5) is 13.8. The van der Waals surface area contributed by atoms with Crippen LogP contribution in [0.25, 0.3) is 0 Å². The fourth-order valence-electron chi connectivity index (χ4n) is 2.84. The van der Waals surface area contributed by atoms with Gasteiger partial charge in [0, 0.05) is 31.7 Å². The maximum absolute atomic E-state index is 12.2. The zero-order chi connectivity index (χ0) is 17.6. The quantitative estimate of drug-likeness (QED) is 0.762. The molecule has 1 aliphatic heterocycles. The Labute approximate surface area is 138 Å².